The molecule has 3 aromatic rings. The molecule has 4 atom stereocenters. The number of furan rings is 1. The predicted molar refractivity (Wildman–Crippen MR) is 80.4 cm³/mol. The zero-order chi connectivity index (χ0) is 16.8. The van der Waals surface area contributed by atoms with Gasteiger partial charge in [-0.1, -0.05) is 0 Å². The van der Waals surface area contributed by atoms with Gasteiger partial charge in [-0.3, -0.25) is 4.57 Å². The van der Waals surface area contributed by atoms with Crippen LogP contribution in [0.5, 0.6) is 0 Å². The topological polar surface area (TPSA) is 153 Å². The van der Waals surface area contributed by atoms with Gasteiger partial charge in [-0.25, -0.2) is 15.0 Å². The van der Waals surface area contributed by atoms with E-state index in [2.05, 4.69) is 15.0 Å². The Morgan fingerprint density at radius 1 is 1.25 bits per heavy atom. The largest absolute Gasteiger partial charge is 0.472 e. The molecule has 0 amide bonds. The molecule has 0 radical (unpaired) electrons. The number of rotatable bonds is 3. The minimum atomic E-state index is -1.28. The number of ether oxygens (including phenoxy) is 1. The van der Waals surface area contributed by atoms with E-state index in [1.807, 2.05) is 0 Å². The van der Waals surface area contributed by atoms with Gasteiger partial charge in [0.25, 0.3) is 0 Å². The minimum Gasteiger partial charge on any atom is -0.472 e. The molecule has 0 aliphatic carbocycles. The van der Waals surface area contributed by atoms with E-state index >= 15 is 0 Å². The van der Waals surface area contributed by atoms with Crippen LogP contribution in [0.2, 0.25) is 0 Å². The van der Waals surface area contributed by atoms with Crippen molar-refractivity contribution in [1.29, 1.82) is 0 Å². The lowest BCUT2D eigenvalue weighted by molar-refractivity contribution is -0.0503. The van der Waals surface area contributed by atoms with Gasteiger partial charge < -0.3 is 30.2 Å². The lowest BCUT2D eigenvalue weighted by atomic mass is 10.1. The highest BCUT2D eigenvalue weighted by atomic mass is 16.6. The smallest absolute Gasteiger partial charge is 0.168 e. The number of hydrogen-bond donors (Lipinski definition) is 4. The summed E-state index contributed by atoms with van der Waals surface area (Å²) in [5, 5.41) is 29.7. The number of anilines is 1. The van der Waals surface area contributed by atoms with E-state index in [1.165, 1.54) is 23.4 Å². The second-order valence-electron chi connectivity index (χ2n) is 5.48. The molecule has 0 bridgehead atoms. The summed E-state index contributed by atoms with van der Waals surface area (Å²) in [5.41, 5.74) is 7.16. The lowest BCUT2D eigenvalue weighted by Crippen LogP contribution is -2.33. The Labute approximate surface area is 135 Å². The Morgan fingerprint density at radius 2 is 2.08 bits per heavy atom. The van der Waals surface area contributed by atoms with E-state index in [1.54, 1.807) is 6.07 Å². The van der Waals surface area contributed by atoms with E-state index < -0.39 is 31.1 Å². The molecule has 0 aromatic carbocycles. The van der Waals surface area contributed by atoms with Gasteiger partial charge in [0, 0.05) is 0 Å². The molecule has 2 unspecified atom stereocenters. The van der Waals surface area contributed by atoms with Gasteiger partial charge in [-0.15, -0.1) is 0 Å². The first-order chi connectivity index (χ1) is 11.6. The number of fused-ring (bicyclic) bond motifs is 1. The molecular formula is C14H15N5O5. The molecule has 0 saturated carbocycles. The molecule has 4 rings (SSSR count). The van der Waals surface area contributed by atoms with Crippen molar-refractivity contribution >= 4 is 17.0 Å². The summed E-state index contributed by atoms with van der Waals surface area (Å²) in [6.45, 7) is -0.431. The zero-order valence-corrected chi connectivity index (χ0v) is 12.4. The number of nitrogen functional groups attached to an aromatic ring is 1. The maximum Gasteiger partial charge on any atom is 0.168 e. The number of imidazole rings is 1. The number of nitrogens with two attached hydrogens (primary N) is 1. The van der Waals surface area contributed by atoms with Crippen molar-refractivity contribution in [3.05, 3.63) is 24.9 Å². The van der Waals surface area contributed by atoms with Crippen LogP contribution in [0.15, 0.2) is 29.3 Å². The quantitative estimate of drug-likeness (QED) is 0.486. The Kier molecular flexibility index (Phi) is 3.46. The van der Waals surface area contributed by atoms with Crippen LogP contribution in [0, 0.1) is 0 Å². The summed E-state index contributed by atoms with van der Waals surface area (Å²) in [5.74, 6) is 0.566. The third-order valence-electron chi connectivity index (χ3n) is 4.06. The highest BCUT2D eigenvalue weighted by molar-refractivity contribution is 5.85. The molecule has 10 heteroatoms. The monoisotopic (exact) mass is 333 g/mol. The average molecular weight is 333 g/mol. The number of aromatic nitrogens is 4. The van der Waals surface area contributed by atoms with Crippen molar-refractivity contribution in [3.8, 4) is 11.4 Å². The molecule has 10 nitrogen and oxygen atoms in total. The van der Waals surface area contributed by atoms with Crippen molar-refractivity contribution in [1.82, 2.24) is 19.5 Å². The van der Waals surface area contributed by atoms with Crippen LogP contribution in [0.4, 0.5) is 5.82 Å². The fourth-order valence-corrected chi connectivity index (χ4v) is 2.86. The third-order valence-corrected chi connectivity index (χ3v) is 4.06. The molecule has 24 heavy (non-hydrogen) atoms. The highest BCUT2D eigenvalue weighted by Gasteiger charge is 2.45. The van der Waals surface area contributed by atoms with Crippen molar-refractivity contribution in [2.75, 3.05) is 12.3 Å². The highest BCUT2D eigenvalue weighted by Crippen LogP contribution is 2.36. The normalized spacial score (nSPS) is 27.1. The zero-order valence-electron chi connectivity index (χ0n) is 12.4. The van der Waals surface area contributed by atoms with Crippen LogP contribution < -0.4 is 5.73 Å². The Bertz CT molecular complexity index is 864. The standard InChI is InChI=1S/C14H15N5O5/c15-11-8-13(17-5-16-11)19(12(18-8)6-1-2-23-4-6)14-10(22)9(21)7(3-20)24-14/h1-2,4-5,7,9-10,14,20-22H,3H2,(H2,15,16,17)/t7-,9?,10?,14-/m1/s1. The van der Waals surface area contributed by atoms with Crippen LogP contribution in [0.25, 0.3) is 22.6 Å². The summed E-state index contributed by atoms with van der Waals surface area (Å²) < 4.78 is 12.2. The second kappa shape index (κ2) is 5.53. The Balaban J connectivity index is 1.94. The number of aliphatic hydroxyl groups excluding tert-OH is 3. The predicted octanol–water partition coefficient (Wildman–Crippen LogP) is -0.720. The van der Waals surface area contributed by atoms with Gasteiger partial charge in [-0.05, 0) is 6.07 Å². The fourth-order valence-electron chi connectivity index (χ4n) is 2.86. The summed E-state index contributed by atoms with van der Waals surface area (Å²) in [7, 11) is 0. The SMILES string of the molecule is Nc1ncnc2c1nc(-c1ccoc1)n2[C@@H]1O[C@H](CO)C(O)C1O. The first kappa shape index (κ1) is 15.0. The third kappa shape index (κ3) is 2.08. The van der Waals surface area contributed by atoms with Crippen LogP contribution in [0.1, 0.15) is 6.23 Å². The Morgan fingerprint density at radius 3 is 2.75 bits per heavy atom. The first-order valence-electron chi connectivity index (χ1n) is 7.25. The lowest BCUT2D eigenvalue weighted by Gasteiger charge is -2.18. The van der Waals surface area contributed by atoms with Crippen LogP contribution in [-0.2, 0) is 4.74 Å². The van der Waals surface area contributed by atoms with Gasteiger partial charge in [0.05, 0.1) is 18.4 Å². The summed E-state index contributed by atoms with van der Waals surface area (Å²) >= 11 is 0. The maximum atomic E-state index is 10.3. The molecule has 3 aromatic heterocycles. The molecule has 5 N–H and O–H groups in total. The number of nitrogens with zero attached hydrogens (tertiary/aromatic N) is 4. The molecule has 1 saturated heterocycles. The molecule has 1 aliphatic heterocycles. The van der Waals surface area contributed by atoms with Crippen LogP contribution in [0.3, 0.4) is 0 Å². The van der Waals surface area contributed by atoms with Gasteiger partial charge in [0.2, 0.25) is 0 Å². The molecule has 4 heterocycles. The summed E-state index contributed by atoms with van der Waals surface area (Å²) in [6.07, 6.45) is -0.208. The Hall–Kier alpha value is -2.53. The molecule has 1 aliphatic rings. The minimum absolute atomic E-state index is 0.176. The van der Waals surface area contributed by atoms with Gasteiger partial charge >= 0.3 is 0 Å². The molecular weight excluding hydrogens is 318 g/mol. The van der Waals surface area contributed by atoms with E-state index in [9.17, 15) is 15.3 Å². The first-order valence-corrected chi connectivity index (χ1v) is 7.25. The van der Waals surface area contributed by atoms with Crippen LogP contribution in [-0.4, -0.2) is 59.8 Å². The fraction of sp³-hybridized carbons (Fsp3) is 0.357. The van der Waals surface area contributed by atoms with E-state index in [-0.39, 0.29) is 5.82 Å². The van der Waals surface area contributed by atoms with Crippen molar-refractivity contribution < 1.29 is 24.5 Å². The molecule has 126 valence electrons. The molecule has 0 spiro atoms. The summed E-state index contributed by atoms with van der Waals surface area (Å²) in [4.78, 5) is 12.5. The summed E-state index contributed by atoms with van der Waals surface area (Å²) in [6, 6.07) is 1.68. The van der Waals surface area contributed by atoms with E-state index in [0.29, 0.717) is 22.6 Å². The van der Waals surface area contributed by atoms with Crippen LogP contribution >= 0.6 is 0 Å². The molecule has 1 fully saturated rings. The number of hydrogen-bond acceptors (Lipinski definition) is 9. The number of aliphatic hydroxyl groups is 3. The second-order valence-corrected chi connectivity index (χ2v) is 5.48. The van der Waals surface area contributed by atoms with Gasteiger partial charge in [-0.2, -0.15) is 0 Å². The maximum absolute atomic E-state index is 10.3. The van der Waals surface area contributed by atoms with Crippen molar-refractivity contribution in [2.45, 2.75) is 24.5 Å². The average Bonchev–Trinajstić information content (AvgIpc) is 3.27. The van der Waals surface area contributed by atoms with E-state index in [4.69, 9.17) is 14.9 Å². The van der Waals surface area contributed by atoms with Gasteiger partial charge in [0.15, 0.2) is 23.2 Å². The van der Waals surface area contributed by atoms with E-state index in [0.717, 1.165) is 0 Å². The van der Waals surface area contributed by atoms with Crippen molar-refractivity contribution in [3.63, 3.8) is 0 Å². The van der Waals surface area contributed by atoms with Gasteiger partial charge in [0.1, 0.15) is 36.7 Å². The van der Waals surface area contributed by atoms with Crippen molar-refractivity contribution in [2.24, 2.45) is 0 Å².